The Kier molecular flexibility index (Phi) is 4.40. The van der Waals surface area contributed by atoms with Crippen LogP contribution in [0.25, 0.3) is 0 Å². The Hall–Kier alpha value is -0.610. The Bertz CT molecular complexity index is 255. The van der Waals surface area contributed by atoms with Crippen molar-refractivity contribution in [2.75, 3.05) is 39.3 Å². The fraction of sp³-hybridized carbons (Fsp3) is 0.923. The lowest BCUT2D eigenvalue weighted by atomic mass is 9.98. The van der Waals surface area contributed by atoms with Crippen LogP contribution in [0, 0.1) is 5.92 Å². The molecule has 98 valence electrons. The number of amides is 1. The van der Waals surface area contributed by atoms with Crippen molar-refractivity contribution >= 4 is 5.91 Å². The minimum Gasteiger partial charge on any atom is -0.341 e. The molecule has 2 aliphatic rings. The standard InChI is InChI=1S/C13H25N3O/c1-11-3-7-16(8-4-11)13(17)12(2)15-9-5-14-6-10-15/h11-12,14H,3-10H2,1-2H3. The van der Waals surface area contributed by atoms with E-state index in [9.17, 15) is 4.79 Å². The monoisotopic (exact) mass is 239 g/mol. The summed E-state index contributed by atoms with van der Waals surface area (Å²) in [5.74, 6) is 1.12. The Morgan fingerprint density at radius 2 is 1.76 bits per heavy atom. The van der Waals surface area contributed by atoms with E-state index in [-0.39, 0.29) is 6.04 Å². The van der Waals surface area contributed by atoms with Gasteiger partial charge in [-0.05, 0) is 25.7 Å². The molecule has 2 heterocycles. The Morgan fingerprint density at radius 3 is 2.35 bits per heavy atom. The quantitative estimate of drug-likeness (QED) is 0.764. The molecule has 0 aromatic rings. The summed E-state index contributed by atoms with van der Waals surface area (Å²) in [6.45, 7) is 10.3. The molecule has 0 radical (unpaired) electrons. The second-order valence-electron chi connectivity index (χ2n) is 5.47. The van der Waals surface area contributed by atoms with Gasteiger partial charge in [-0.2, -0.15) is 0 Å². The summed E-state index contributed by atoms with van der Waals surface area (Å²) in [6, 6.07) is 0.0607. The van der Waals surface area contributed by atoms with Crippen molar-refractivity contribution in [3.8, 4) is 0 Å². The molecular weight excluding hydrogens is 214 g/mol. The lowest BCUT2D eigenvalue weighted by Crippen LogP contribution is -2.54. The molecule has 0 bridgehead atoms. The summed E-state index contributed by atoms with van der Waals surface area (Å²) < 4.78 is 0. The highest BCUT2D eigenvalue weighted by molar-refractivity contribution is 5.81. The van der Waals surface area contributed by atoms with Gasteiger partial charge in [0.15, 0.2) is 0 Å². The van der Waals surface area contributed by atoms with Crippen LogP contribution in [0.1, 0.15) is 26.7 Å². The molecule has 4 nitrogen and oxygen atoms in total. The van der Waals surface area contributed by atoms with Gasteiger partial charge in [-0.3, -0.25) is 9.69 Å². The molecule has 4 heteroatoms. The van der Waals surface area contributed by atoms with E-state index in [1.807, 2.05) is 0 Å². The maximum Gasteiger partial charge on any atom is 0.239 e. The van der Waals surface area contributed by atoms with E-state index in [1.165, 1.54) is 12.8 Å². The largest absolute Gasteiger partial charge is 0.341 e. The topological polar surface area (TPSA) is 35.6 Å². The van der Waals surface area contributed by atoms with Crippen LogP contribution in [0.2, 0.25) is 0 Å². The second kappa shape index (κ2) is 5.83. The van der Waals surface area contributed by atoms with Crippen molar-refractivity contribution in [3.05, 3.63) is 0 Å². The zero-order valence-corrected chi connectivity index (χ0v) is 11.1. The molecule has 1 amide bonds. The number of nitrogens with zero attached hydrogens (tertiary/aromatic N) is 2. The number of piperazine rings is 1. The number of rotatable bonds is 2. The molecule has 2 aliphatic heterocycles. The summed E-state index contributed by atoms with van der Waals surface area (Å²) in [4.78, 5) is 16.7. The minimum atomic E-state index is 0.0607. The maximum atomic E-state index is 12.4. The molecule has 1 unspecified atom stereocenters. The van der Waals surface area contributed by atoms with Gasteiger partial charge < -0.3 is 10.2 Å². The van der Waals surface area contributed by atoms with Crippen LogP contribution in [-0.4, -0.2) is 61.0 Å². The molecule has 0 aromatic heterocycles. The molecular formula is C13H25N3O. The van der Waals surface area contributed by atoms with Crippen molar-refractivity contribution in [2.45, 2.75) is 32.7 Å². The molecule has 2 saturated heterocycles. The number of likely N-dealkylation sites (tertiary alicyclic amines) is 1. The molecule has 0 spiro atoms. The Balaban J connectivity index is 1.85. The van der Waals surface area contributed by atoms with Crippen molar-refractivity contribution in [1.29, 1.82) is 0 Å². The molecule has 2 rings (SSSR count). The predicted octanol–water partition coefficient (Wildman–Crippen LogP) is 0.539. The highest BCUT2D eigenvalue weighted by Gasteiger charge is 2.28. The van der Waals surface area contributed by atoms with Gasteiger partial charge in [-0.1, -0.05) is 6.92 Å². The van der Waals surface area contributed by atoms with Crippen molar-refractivity contribution in [3.63, 3.8) is 0 Å². The molecule has 0 aliphatic carbocycles. The number of carbonyl (C=O) groups is 1. The van der Waals surface area contributed by atoms with Crippen LogP contribution in [-0.2, 0) is 4.79 Å². The maximum absolute atomic E-state index is 12.4. The highest BCUT2D eigenvalue weighted by Crippen LogP contribution is 2.17. The first kappa shape index (κ1) is 12.8. The Morgan fingerprint density at radius 1 is 1.18 bits per heavy atom. The first-order valence-corrected chi connectivity index (χ1v) is 6.92. The van der Waals surface area contributed by atoms with Crippen LogP contribution < -0.4 is 5.32 Å². The van der Waals surface area contributed by atoms with E-state index in [2.05, 4.69) is 29.0 Å². The van der Waals surface area contributed by atoms with Gasteiger partial charge in [0.2, 0.25) is 5.91 Å². The summed E-state index contributed by atoms with van der Waals surface area (Å²) >= 11 is 0. The number of hydrogen-bond donors (Lipinski definition) is 1. The van der Waals surface area contributed by atoms with Gasteiger partial charge in [-0.25, -0.2) is 0 Å². The van der Waals surface area contributed by atoms with Gasteiger partial charge in [0.1, 0.15) is 0 Å². The molecule has 0 saturated carbocycles. The van der Waals surface area contributed by atoms with Gasteiger partial charge in [0.05, 0.1) is 6.04 Å². The predicted molar refractivity (Wildman–Crippen MR) is 68.9 cm³/mol. The summed E-state index contributed by atoms with van der Waals surface area (Å²) in [7, 11) is 0. The number of piperidine rings is 1. The van der Waals surface area contributed by atoms with Gasteiger partial charge >= 0.3 is 0 Å². The first-order valence-electron chi connectivity index (χ1n) is 6.92. The zero-order chi connectivity index (χ0) is 12.3. The Labute approximate surface area is 104 Å². The molecule has 0 aromatic carbocycles. The van der Waals surface area contributed by atoms with Gasteiger partial charge in [0, 0.05) is 39.3 Å². The molecule has 2 fully saturated rings. The third-order valence-corrected chi connectivity index (χ3v) is 4.15. The fourth-order valence-corrected chi connectivity index (χ4v) is 2.72. The van der Waals surface area contributed by atoms with Crippen LogP contribution in [0.4, 0.5) is 0 Å². The summed E-state index contributed by atoms with van der Waals surface area (Å²) in [5.41, 5.74) is 0. The zero-order valence-electron chi connectivity index (χ0n) is 11.1. The number of carbonyl (C=O) groups excluding carboxylic acids is 1. The van der Waals surface area contributed by atoms with Crippen LogP contribution in [0.5, 0.6) is 0 Å². The first-order chi connectivity index (χ1) is 8.18. The fourth-order valence-electron chi connectivity index (χ4n) is 2.72. The average molecular weight is 239 g/mol. The van der Waals surface area contributed by atoms with Gasteiger partial charge in [-0.15, -0.1) is 0 Å². The second-order valence-corrected chi connectivity index (χ2v) is 5.47. The lowest BCUT2D eigenvalue weighted by molar-refractivity contribution is -0.138. The smallest absolute Gasteiger partial charge is 0.239 e. The highest BCUT2D eigenvalue weighted by atomic mass is 16.2. The van der Waals surface area contributed by atoms with Crippen LogP contribution >= 0.6 is 0 Å². The third kappa shape index (κ3) is 3.19. The van der Waals surface area contributed by atoms with E-state index in [0.717, 1.165) is 45.2 Å². The number of nitrogens with one attached hydrogen (secondary N) is 1. The van der Waals surface area contributed by atoms with E-state index in [0.29, 0.717) is 5.91 Å². The van der Waals surface area contributed by atoms with E-state index in [1.54, 1.807) is 0 Å². The molecule has 1 N–H and O–H groups in total. The SMILES string of the molecule is CC1CCN(C(=O)C(C)N2CCNCC2)CC1. The number of hydrogen-bond acceptors (Lipinski definition) is 3. The van der Waals surface area contributed by atoms with E-state index in [4.69, 9.17) is 0 Å². The van der Waals surface area contributed by atoms with Crippen LogP contribution in [0.15, 0.2) is 0 Å². The van der Waals surface area contributed by atoms with Gasteiger partial charge in [0.25, 0.3) is 0 Å². The van der Waals surface area contributed by atoms with Crippen molar-refractivity contribution in [1.82, 2.24) is 15.1 Å². The van der Waals surface area contributed by atoms with Crippen molar-refractivity contribution in [2.24, 2.45) is 5.92 Å². The minimum absolute atomic E-state index is 0.0607. The average Bonchev–Trinajstić information content (AvgIpc) is 2.39. The van der Waals surface area contributed by atoms with Crippen molar-refractivity contribution < 1.29 is 4.79 Å². The third-order valence-electron chi connectivity index (χ3n) is 4.15. The normalized spacial score (nSPS) is 25.9. The lowest BCUT2D eigenvalue weighted by Gasteiger charge is -2.37. The van der Waals surface area contributed by atoms with E-state index < -0.39 is 0 Å². The summed E-state index contributed by atoms with van der Waals surface area (Å²) in [6.07, 6.45) is 2.33. The van der Waals surface area contributed by atoms with E-state index >= 15 is 0 Å². The van der Waals surface area contributed by atoms with Crippen LogP contribution in [0.3, 0.4) is 0 Å². The molecule has 1 atom stereocenters. The summed E-state index contributed by atoms with van der Waals surface area (Å²) in [5, 5.41) is 3.33. The molecule has 17 heavy (non-hydrogen) atoms.